The Kier molecular flexibility index (Phi) is 8.11. The Hall–Kier alpha value is -3.39. The summed E-state index contributed by atoms with van der Waals surface area (Å²) in [6.07, 6.45) is 1.56. The summed E-state index contributed by atoms with van der Waals surface area (Å²) in [5.41, 5.74) is 1.49. The number of aliphatic imine (C=N–C) groups is 1. The third kappa shape index (κ3) is 6.18. The van der Waals surface area contributed by atoms with Crippen molar-refractivity contribution in [1.29, 1.82) is 0 Å². The summed E-state index contributed by atoms with van der Waals surface area (Å²) < 4.78 is 36.6. The Labute approximate surface area is 235 Å². The van der Waals surface area contributed by atoms with Crippen LogP contribution in [0.15, 0.2) is 73.9 Å². The van der Waals surface area contributed by atoms with Gasteiger partial charge in [-0.2, -0.15) is 8.42 Å². The molecule has 3 aromatic rings. The third-order valence-corrected chi connectivity index (χ3v) is 8.10. The van der Waals surface area contributed by atoms with E-state index in [2.05, 4.69) is 26.2 Å². The third-order valence-electron chi connectivity index (χ3n) is 5.07. The molecule has 0 unspecified atom stereocenters. The number of benzene rings is 3. The number of nitrogens with one attached hydrogen (secondary N) is 1. The number of amides is 1. The van der Waals surface area contributed by atoms with Crippen molar-refractivity contribution in [3.05, 3.63) is 90.2 Å². The standard InChI is InChI=1S/C24H17BrClN3O7S2/c1-13-3-6-16(7-4-13)38(33,34)36-22-17(25)9-14(10-20(22)35-2)11-21-23(30)28-24(37-21)27-19-8-5-15(29(31)32)12-18(19)26/h3-12H,1-2H3,(H,27,28,30)/b21-11+. The average molecular weight is 639 g/mol. The number of nitro groups is 1. The Morgan fingerprint density at radius 2 is 1.87 bits per heavy atom. The molecule has 1 aliphatic heterocycles. The zero-order valence-electron chi connectivity index (χ0n) is 19.6. The van der Waals surface area contributed by atoms with Gasteiger partial charge in [-0.05, 0) is 76.6 Å². The van der Waals surface area contributed by atoms with Crippen LogP contribution >= 0.6 is 39.3 Å². The smallest absolute Gasteiger partial charge is 0.339 e. The van der Waals surface area contributed by atoms with Crippen molar-refractivity contribution in [2.75, 3.05) is 7.11 Å². The molecule has 0 aliphatic carbocycles. The van der Waals surface area contributed by atoms with Gasteiger partial charge in [0.15, 0.2) is 16.7 Å². The highest BCUT2D eigenvalue weighted by Gasteiger charge is 2.26. The van der Waals surface area contributed by atoms with Gasteiger partial charge in [-0.1, -0.05) is 29.3 Å². The average Bonchev–Trinajstić information content (AvgIpc) is 3.20. The first-order valence-electron chi connectivity index (χ1n) is 10.6. The van der Waals surface area contributed by atoms with E-state index in [1.165, 1.54) is 43.5 Å². The first-order chi connectivity index (χ1) is 18.0. The number of amidine groups is 1. The Bertz CT molecular complexity index is 1620. The molecule has 0 aromatic heterocycles. The number of carbonyl (C=O) groups is 1. The number of nitro benzene ring substituents is 1. The molecule has 1 amide bonds. The van der Waals surface area contributed by atoms with Crippen molar-refractivity contribution < 1.29 is 27.1 Å². The number of thioether (sulfide) groups is 1. The first kappa shape index (κ1) is 27.6. The molecule has 196 valence electrons. The van der Waals surface area contributed by atoms with Gasteiger partial charge in [-0.3, -0.25) is 14.9 Å². The van der Waals surface area contributed by atoms with Crippen molar-refractivity contribution >= 4 is 77.9 Å². The van der Waals surface area contributed by atoms with E-state index in [1.54, 1.807) is 24.3 Å². The molecule has 4 rings (SSSR count). The summed E-state index contributed by atoms with van der Waals surface area (Å²) in [6.45, 7) is 1.84. The molecule has 1 fully saturated rings. The number of non-ortho nitro benzene ring substituents is 1. The second kappa shape index (κ2) is 11.2. The fourth-order valence-corrected chi connectivity index (χ4v) is 5.86. The minimum atomic E-state index is -4.13. The summed E-state index contributed by atoms with van der Waals surface area (Å²) in [5.74, 6) is -0.352. The Morgan fingerprint density at radius 1 is 1.16 bits per heavy atom. The van der Waals surface area contributed by atoms with E-state index in [0.717, 1.165) is 17.3 Å². The minimum absolute atomic E-state index is 0.0118. The van der Waals surface area contributed by atoms with Crippen molar-refractivity contribution in [2.45, 2.75) is 11.8 Å². The van der Waals surface area contributed by atoms with Crippen LogP contribution in [0.2, 0.25) is 5.02 Å². The van der Waals surface area contributed by atoms with E-state index in [-0.39, 0.29) is 47.3 Å². The van der Waals surface area contributed by atoms with Gasteiger partial charge in [0, 0.05) is 12.1 Å². The van der Waals surface area contributed by atoms with E-state index in [4.69, 9.17) is 20.5 Å². The van der Waals surface area contributed by atoms with Gasteiger partial charge in [0.2, 0.25) is 0 Å². The number of halogens is 2. The Balaban J connectivity index is 1.59. The predicted molar refractivity (Wildman–Crippen MR) is 149 cm³/mol. The second-order valence-electron chi connectivity index (χ2n) is 7.76. The minimum Gasteiger partial charge on any atom is -0.493 e. The van der Waals surface area contributed by atoms with Gasteiger partial charge in [-0.25, -0.2) is 4.99 Å². The molecule has 14 heteroatoms. The molecule has 1 saturated heterocycles. The largest absolute Gasteiger partial charge is 0.493 e. The molecule has 1 aliphatic rings. The molecular weight excluding hydrogens is 622 g/mol. The fraction of sp³-hybridized carbons (Fsp3) is 0.0833. The number of hydrogen-bond acceptors (Lipinski definition) is 9. The van der Waals surface area contributed by atoms with E-state index in [1.807, 2.05) is 6.92 Å². The number of methoxy groups -OCH3 is 1. The zero-order chi connectivity index (χ0) is 27.6. The van der Waals surface area contributed by atoms with Crippen LogP contribution in [0.25, 0.3) is 6.08 Å². The number of nitrogens with zero attached hydrogens (tertiary/aromatic N) is 2. The van der Waals surface area contributed by atoms with Crippen LogP contribution in [-0.2, 0) is 14.9 Å². The van der Waals surface area contributed by atoms with Gasteiger partial charge in [-0.15, -0.1) is 0 Å². The van der Waals surface area contributed by atoms with Crippen LogP contribution in [0.5, 0.6) is 11.5 Å². The van der Waals surface area contributed by atoms with Crippen molar-refractivity contribution in [1.82, 2.24) is 5.32 Å². The van der Waals surface area contributed by atoms with Crippen LogP contribution in [-0.4, -0.2) is 31.5 Å². The maximum atomic E-state index is 12.8. The predicted octanol–water partition coefficient (Wildman–Crippen LogP) is 5.99. The highest BCUT2D eigenvalue weighted by molar-refractivity contribution is 9.10. The fourth-order valence-electron chi connectivity index (χ4n) is 3.21. The second-order valence-corrected chi connectivity index (χ2v) is 11.6. The summed E-state index contributed by atoms with van der Waals surface area (Å²) in [5, 5.41) is 13.8. The summed E-state index contributed by atoms with van der Waals surface area (Å²) in [7, 11) is -2.77. The van der Waals surface area contributed by atoms with E-state index < -0.39 is 20.9 Å². The number of aryl methyl sites for hydroxylation is 1. The summed E-state index contributed by atoms with van der Waals surface area (Å²) in [6, 6.07) is 13.1. The lowest BCUT2D eigenvalue weighted by Gasteiger charge is -2.13. The van der Waals surface area contributed by atoms with Crippen LogP contribution in [0.1, 0.15) is 11.1 Å². The van der Waals surface area contributed by atoms with Crippen LogP contribution in [0.4, 0.5) is 11.4 Å². The number of hydrogen-bond donors (Lipinski definition) is 1. The van der Waals surface area contributed by atoms with Crippen molar-refractivity contribution in [3.63, 3.8) is 0 Å². The molecule has 3 aromatic carbocycles. The van der Waals surface area contributed by atoms with Gasteiger partial charge < -0.3 is 14.2 Å². The molecule has 1 heterocycles. The van der Waals surface area contributed by atoms with Gasteiger partial charge in [0.05, 0.1) is 32.1 Å². The topological polar surface area (TPSA) is 137 Å². The lowest BCUT2D eigenvalue weighted by atomic mass is 10.2. The molecule has 0 spiro atoms. The Morgan fingerprint density at radius 3 is 2.50 bits per heavy atom. The van der Waals surface area contributed by atoms with Gasteiger partial charge in [0.25, 0.3) is 11.6 Å². The molecule has 38 heavy (non-hydrogen) atoms. The summed E-state index contributed by atoms with van der Waals surface area (Å²) >= 11 is 10.5. The van der Waals surface area contributed by atoms with E-state index in [9.17, 15) is 23.3 Å². The van der Waals surface area contributed by atoms with E-state index >= 15 is 0 Å². The molecule has 0 saturated carbocycles. The quantitative estimate of drug-likeness (QED) is 0.144. The maximum absolute atomic E-state index is 12.8. The lowest BCUT2D eigenvalue weighted by molar-refractivity contribution is -0.384. The first-order valence-corrected chi connectivity index (χ1v) is 14.0. The zero-order valence-corrected chi connectivity index (χ0v) is 23.6. The van der Waals surface area contributed by atoms with Crippen molar-refractivity contribution in [2.24, 2.45) is 4.99 Å². The molecule has 0 bridgehead atoms. The number of ether oxygens (including phenoxy) is 1. The highest BCUT2D eigenvalue weighted by Crippen LogP contribution is 2.40. The van der Waals surface area contributed by atoms with Crippen LogP contribution in [0.3, 0.4) is 0 Å². The van der Waals surface area contributed by atoms with Gasteiger partial charge >= 0.3 is 10.1 Å². The molecule has 1 N–H and O–H groups in total. The summed E-state index contributed by atoms with van der Waals surface area (Å²) in [4.78, 5) is 27.4. The molecule has 10 nitrogen and oxygen atoms in total. The number of carbonyl (C=O) groups excluding carboxylic acids is 1. The molecule has 0 radical (unpaired) electrons. The van der Waals surface area contributed by atoms with Crippen LogP contribution < -0.4 is 14.2 Å². The normalized spacial score (nSPS) is 15.5. The SMILES string of the molecule is COc1cc(/C=C2/SC(=Nc3ccc([N+](=O)[O-])cc3Cl)NC2=O)cc(Br)c1OS(=O)(=O)c1ccc(C)cc1. The molecular formula is C24H17BrClN3O7S2. The monoisotopic (exact) mass is 637 g/mol. The van der Waals surface area contributed by atoms with Crippen LogP contribution in [0, 0.1) is 17.0 Å². The highest BCUT2D eigenvalue weighted by atomic mass is 79.9. The van der Waals surface area contributed by atoms with Gasteiger partial charge in [0.1, 0.15) is 4.90 Å². The lowest BCUT2D eigenvalue weighted by Crippen LogP contribution is -2.19. The van der Waals surface area contributed by atoms with E-state index in [0.29, 0.717) is 5.56 Å². The maximum Gasteiger partial charge on any atom is 0.339 e. The molecule has 0 atom stereocenters. The number of rotatable bonds is 7. The van der Waals surface area contributed by atoms with Crippen molar-refractivity contribution in [3.8, 4) is 11.5 Å².